The molecule has 1 aromatic carbocycles. The highest BCUT2D eigenvalue weighted by molar-refractivity contribution is 5.77. The molecule has 4 nitrogen and oxygen atoms in total. The molecule has 4 heteroatoms. The Balaban J connectivity index is 2.61. The van der Waals surface area contributed by atoms with Gasteiger partial charge in [-0.1, -0.05) is 26.0 Å². The summed E-state index contributed by atoms with van der Waals surface area (Å²) in [5.41, 5.74) is 7.55. The van der Waals surface area contributed by atoms with Crippen molar-refractivity contribution in [3.8, 4) is 5.75 Å². The van der Waals surface area contributed by atoms with Gasteiger partial charge in [0.1, 0.15) is 5.75 Å². The zero-order chi connectivity index (χ0) is 13.5. The Kier molecular flexibility index (Phi) is 5.65. The van der Waals surface area contributed by atoms with Crippen molar-refractivity contribution < 1.29 is 9.53 Å². The molecule has 0 unspecified atom stereocenters. The van der Waals surface area contributed by atoms with E-state index in [1.807, 2.05) is 19.1 Å². The summed E-state index contributed by atoms with van der Waals surface area (Å²) >= 11 is 0. The Morgan fingerprint density at radius 3 is 2.78 bits per heavy atom. The molecule has 0 aliphatic heterocycles. The van der Waals surface area contributed by atoms with Crippen LogP contribution in [0.2, 0.25) is 0 Å². The third-order valence-electron chi connectivity index (χ3n) is 2.70. The molecular weight excluding hydrogens is 228 g/mol. The highest BCUT2D eigenvalue weighted by Gasteiger charge is 2.07. The van der Waals surface area contributed by atoms with Crippen molar-refractivity contribution in [1.82, 2.24) is 5.32 Å². The molecule has 0 aromatic heterocycles. The number of hydrogen-bond donors (Lipinski definition) is 2. The fraction of sp³-hybridized carbons (Fsp3) is 0.500. The number of amides is 1. The maximum atomic E-state index is 11.4. The van der Waals surface area contributed by atoms with E-state index in [-0.39, 0.29) is 12.5 Å². The van der Waals surface area contributed by atoms with Crippen LogP contribution in [0.1, 0.15) is 30.9 Å². The lowest BCUT2D eigenvalue weighted by Crippen LogP contribution is -2.33. The molecule has 0 fully saturated rings. The summed E-state index contributed by atoms with van der Waals surface area (Å²) in [4.78, 5) is 11.4. The number of hydrogen-bond acceptors (Lipinski definition) is 3. The van der Waals surface area contributed by atoms with Gasteiger partial charge in [0.05, 0.1) is 0 Å². The van der Waals surface area contributed by atoms with Gasteiger partial charge in [-0.2, -0.15) is 0 Å². The standard InChI is InChI=1S/C14H22N2O2/c1-10(2)12-5-4-11(3)13(8-12)18-9-14(17)16-7-6-15/h4-5,8,10H,6-7,9,15H2,1-3H3,(H,16,17). The molecule has 0 saturated carbocycles. The first kappa shape index (κ1) is 14.5. The summed E-state index contributed by atoms with van der Waals surface area (Å²) in [6.07, 6.45) is 0. The van der Waals surface area contributed by atoms with E-state index >= 15 is 0 Å². The van der Waals surface area contributed by atoms with Crippen molar-refractivity contribution in [2.75, 3.05) is 19.7 Å². The monoisotopic (exact) mass is 250 g/mol. The second-order valence-corrected chi connectivity index (χ2v) is 4.61. The normalized spacial score (nSPS) is 10.5. The molecule has 18 heavy (non-hydrogen) atoms. The average molecular weight is 250 g/mol. The highest BCUT2D eigenvalue weighted by Crippen LogP contribution is 2.24. The summed E-state index contributed by atoms with van der Waals surface area (Å²) in [6, 6.07) is 6.10. The minimum atomic E-state index is -0.144. The first-order valence-electron chi connectivity index (χ1n) is 6.24. The first-order valence-corrected chi connectivity index (χ1v) is 6.24. The molecule has 1 amide bonds. The van der Waals surface area contributed by atoms with E-state index in [4.69, 9.17) is 10.5 Å². The largest absolute Gasteiger partial charge is 0.483 e. The molecule has 0 heterocycles. The van der Waals surface area contributed by atoms with Crippen molar-refractivity contribution >= 4 is 5.91 Å². The van der Waals surface area contributed by atoms with Gasteiger partial charge < -0.3 is 15.8 Å². The molecule has 0 bridgehead atoms. The molecule has 100 valence electrons. The number of nitrogens with one attached hydrogen (secondary N) is 1. The highest BCUT2D eigenvalue weighted by atomic mass is 16.5. The van der Waals surface area contributed by atoms with Gasteiger partial charge in [0.2, 0.25) is 0 Å². The number of ether oxygens (including phenoxy) is 1. The maximum absolute atomic E-state index is 11.4. The fourth-order valence-corrected chi connectivity index (χ4v) is 1.54. The van der Waals surface area contributed by atoms with E-state index in [2.05, 4.69) is 25.2 Å². The van der Waals surface area contributed by atoms with Crippen LogP contribution in [0.3, 0.4) is 0 Å². The van der Waals surface area contributed by atoms with Gasteiger partial charge in [-0.05, 0) is 30.0 Å². The van der Waals surface area contributed by atoms with Crippen molar-refractivity contribution in [3.63, 3.8) is 0 Å². The fourth-order valence-electron chi connectivity index (χ4n) is 1.54. The SMILES string of the molecule is Cc1ccc(C(C)C)cc1OCC(=O)NCCN. The molecule has 1 aromatic rings. The summed E-state index contributed by atoms with van der Waals surface area (Å²) in [7, 11) is 0. The van der Waals surface area contributed by atoms with Crippen LogP contribution in [0.5, 0.6) is 5.75 Å². The number of nitrogens with two attached hydrogens (primary N) is 1. The van der Waals surface area contributed by atoms with Crippen molar-refractivity contribution in [2.24, 2.45) is 5.73 Å². The topological polar surface area (TPSA) is 64.3 Å². The van der Waals surface area contributed by atoms with E-state index in [9.17, 15) is 4.79 Å². The minimum Gasteiger partial charge on any atom is -0.483 e. The quantitative estimate of drug-likeness (QED) is 0.805. The Hall–Kier alpha value is -1.55. The summed E-state index contributed by atoms with van der Waals surface area (Å²) in [5, 5.41) is 2.67. The molecule has 0 aliphatic carbocycles. The van der Waals surface area contributed by atoms with Gasteiger partial charge in [0.25, 0.3) is 5.91 Å². The lowest BCUT2D eigenvalue weighted by Gasteiger charge is -2.12. The smallest absolute Gasteiger partial charge is 0.257 e. The van der Waals surface area contributed by atoms with Crippen LogP contribution in [0.25, 0.3) is 0 Å². The van der Waals surface area contributed by atoms with Crippen molar-refractivity contribution in [1.29, 1.82) is 0 Å². The van der Waals surface area contributed by atoms with Gasteiger partial charge >= 0.3 is 0 Å². The zero-order valence-electron chi connectivity index (χ0n) is 11.3. The van der Waals surface area contributed by atoms with E-state index in [0.717, 1.165) is 11.3 Å². The lowest BCUT2D eigenvalue weighted by atomic mass is 10.0. The van der Waals surface area contributed by atoms with Crippen LogP contribution in [0.4, 0.5) is 0 Å². The summed E-state index contributed by atoms with van der Waals surface area (Å²) in [5.74, 6) is 1.07. The van der Waals surface area contributed by atoms with Crippen LogP contribution in [0.15, 0.2) is 18.2 Å². The van der Waals surface area contributed by atoms with Gasteiger partial charge in [0.15, 0.2) is 6.61 Å². The van der Waals surface area contributed by atoms with Crippen molar-refractivity contribution in [3.05, 3.63) is 29.3 Å². The summed E-state index contributed by atoms with van der Waals surface area (Å²) < 4.78 is 5.53. The average Bonchev–Trinajstić information content (AvgIpc) is 2.35. The van der Waals surface area contributed by atoms with Gasteiger partial charge in [-0.15, -0.1) is 0 Å². The lowest BCUT2D eigenvalue weighted by molar-refractivity contribution is -0.123. The molecule has 0 radical (unpaired) electrons. The Morgan fingerprint density at radius 2 is 2.17 bits per heavy atom. The second kappa shape index (κ2) is 7.01. The van der Waals surface area contributed by atoms with E-state index < -0.39 is 0 Å². The molecule has 3 N–H and O–H groups in total. The minimum absolute atomic E-state index is 0.0301. The van der Waals surface area contributed by atoms with Gasteiger partial charge in [-0.3, -0.25) is 4.79 Å². The Labute approximate surface area is 109 Å². The zero-order valence-corrected chi connectivity index (χ0v) is 11.3. The summed E-state index contributed by atoms with van der Waals surface area (Å²) in [6.45, 7) is 7.17. The molecule has 1 rings (SSSR count). The first-order chi connectivity index (χ1) is 8.54. The third kappa shape index (κ3) is 4.37. The Bertz CT molecular complexity index is 403. The van der Waals surface area contributed by atoms with E-state index in [1.54, 1.807) is 0 Å². The van der Waals surface area contributed by atoms with Crippen LogP contribution in [-0.2, 0) is 4.79 Å². The predicted octanol–water partition coefficient (Wildman–Crippen LogP) is 1.57. The van der Waals surface area contributed by atoms with Crippen LogP contribution < -0.4 is 15.8 Å². The number of benzene rings is 1. The predicted molar refractivity (Wildman–Crippen MR) is 72.8 cm³/mol. The van der Waals surface area contributed by atoms with E-state index in [1.165, 1.54) is 5.56 Å². The Morgan fingerprint density at radius 1 is 1.44 bits per heavy atom. The molecular formula is C14H22N2O2. The number of aryl methyl sites for hydroxylation is 1. The van der Waals surface area contributed by atoms with Gasteiger partial charge in [-0.25, -0.2) is 0 Å². The molecule has 0 aliphatic rings. The van der Waals surface area contributed by atoms with Crippen LogP contribution in [-0.4, -0.2) is 25.6 Å². The third-order valence-corrected chi connectivity index (χ3v) is 2.70. The second-order valence-electron chi connectivity index (χ2n) is 4.61. The van der Waals surface area contributed by atoms with Crippen LogP contribution in [0, 0.1) is 6.92 Å². The molecule has 0 saturated heterocycles. The number of carbonyl (C=O) groups excluding carboxylic acids is 1. The van der Waals surface area contributed by atoms with E-state index in [0.29, 0.717) is 19.0 Å². The van der Waals surface area contributed by atoms with Crippen LogP contribution >= 0.6 is 0 Å². The maximum Gasteiger partial charge on any atom is 0.257 e. The number of rotatable bonds is 6. The molecule has 0 atom stereocenters. The molecule has 0 spiro atoms. The number of carbonyl (C=O) groups is 1. The van der Waals surface area contributed by atoms with Crippen molar-refractivity contribution in [2.45, 2.75) is 26.7 Å². The van der Waals surface area contributed by atoms with Gasteiger partial charge in [0, 0.05) is 13.1 Å².